The number of carbonyl (C=O) groups is 1. The first-order chi connectivity index (χ1) is 10.9. The lowest BCUT2D eigenvalue weighted by atomic mass is 10.3. The quantitative estimate of drug-likeness (QED) is 0.427. The molecule has 0 fully saturated rings. The Balaban J connectivity index is 2.06. The minimum Gasteiger partial charge on any atom is -0.324 e. The molecule has 23 heavy (non-hydrogen) atoms. The largest absolute Gasteiger partial charge is 0.324 e. The summed E-state index contributed by atoms with van der Waals surface area (Å²) in [6.45, 7) is 0. The van der Waals surface area contributed by atoms with Gasteiger partial charge in [-0.15, -0.1) is 11.8 Å². The Labute approximate surface area is 151 Å². The molecule has 5 nitrogen and oxygen atoms in total. The highest BCUT2D eigenvalue weighted by Crippen LogP contribution is 2.34. The second kappa shape index (κ2) is 7.88. The number of anilines is 1. The third kappa shape index (κ3) is 4.75. The lowest BCUT2D eigenvalue weighted by molar-refractivity contribution is -0.384. The average molecular weight is 392 g/mol. The highest BCUT2D eigenvalue weighted by Gasteiger charge is 2.13. The van der Waals surface area contributed by atoms with Gasteiger partial charge in [-0.25, -0.2) is 0 Å². The van der Waals surface area contributed by atoms with Gasteiger partial charge in [-0.1, -0.05) is 40.9 Å². The number of amides is 1. The number of halogens is 3. The molecule has 0 saturated heterocycles. The number of benzene rings is 2. The summed E-state index contributed by atoms with van der Waals surface area (Å²) in [6.07, 6.45) is 0. The average Bonchev–Trinajstić information content (AvgIpc) is 2.48. The maximum absolute atomic E-state index is 12.0. The molecular formula is C14H9Cl3N2O3S. The third-order valence-electron chi connectivity index (χ3n) is 2.70. The molecule has 9 heteroatoms. The first-order valence-electron chi connectivity index (χ1n) is 6.19. The van der Waals surface area contributed by atoms with Crippen molar-refractivity contribution in [3.63, 3.8) is 0 Å². The molecule has 0 aliphatic carbocycles. The van der Waals surface area contributed by atoms with E-state index in [0.29, 0.717) is 14.9 Å². The van der Waals surface area contributed by atoms with E-state index in [1.54, 1.807) is 18.2 Å². The van der Waals surface area contributed by atoms with Crippen LogP contribution < -0.4 is 5.32 Å². The molecule has 1 N–H and O–H groups in total. The number of nitro benzene ring substituents is 1. The normalized spacial score (nSPS) is 10.4. The van der Waals surface area contributed by atoms with Gasteiger partial charge in [-0.05, 0) is 18.2 Å². The van der Waals surface area contributed by atoms with Crippen LogP contribution >= 0.6 is 46.6 Å². The van der Waals surface area contributed by atoms with Crippen LogP contribution in [-0.2, 0) is 4.79 Å². The summed E-state index contributed by atoms with van der Waals surface area (Å²) in [6, 6.07) is 8.87. The van der Waals surface area contributed by atoms with Crippen molar-refractivity contribution in [2.24, 2.45) is 0 Å². The van der Waals surface area contributed by atoms with Crippen LogP contribution in [0.3, 0.4) is 0 Å². The molecule has 0 aliphatic rings. The number of rotatable bonds is 5. The van der Waals surface area contributed by atoms with Crippen LogP contribution in [0.25, 0.3) is 0 Å². The standard InChI is InChI=1S/C14H9Cl3N2O3S/c15-9-5-4-8(19(21)22)6-12(9)18-13(20)7-23-14-10(16)2-1-3-11(14)17/h1-6H,7H2,(H,18,20). The summed E-state index contributed by atoms with van der Waals surface area (Å²) in [7, 11) is 0. The molecule has 0 aromatic heterocycles. The zero-order valence-electron chi connectivity index (χ0n) is 11.4. The fourth-order valence-electron chi connectivity index (χ4n) is 1.67. The van der Waals surface area contributed by atoms with Crippen LogP contribution in [-0.4, -0.2) is 16.6 Å². The van der Waals surface area contributed by atoms with E-state index in [9.17, 15) is 14.9 Å². The molecule has 0 bridgehead atoms. The Morgan fingerprint density at radius 2 is 1.78 bits per heavy atom. The molecule has 0 unspecified atom stereocenters. The van der Waals surface area contributed by atoms with Gasteiger partial charge in [0.25, 0.3) is 5.69 Å². The van der Waals surface area contributed by atoms with Gasteiger partial charge in [0, 0.05) is 17.0 Å². The summed E-state index contributed by atoms with van der Waals surface area (Å²) in [4.78, 5) is 22.8. The van der Waals surface area contributed by atoms with Crippen molar-refractivity contribution in [3.05, 3.63) is 61.6 Å². The molecule has 0 radical (unpaired) electrons. The van der Waals surface area contributed by atoms with Gasteiger partial charge in [-0.3, -0.25) is 14.9 Å². The Hall–Kier alpha value is -1.47. The molecule has 0 saturated carbocycles. The number of non-ortho nitro benzene ring substituents is 1. The van der Waals surface area contributed by atoms with Crippen molar-refractivity contribution in [2.75, 3.05) is 11.1 Å². The van der Waals surface area contributed by atoms with Gasteiger partial charge in [0.15, 0.2) is 0 Å². The van der Waals surface area contributed by atoms with Gasteiger partial charge in [-0.2, -0.15) is 0 Å². The highest BCUT2D eigenvalue weighted by molar-refractivity contribution is 8.00. The van der Waals surface area contributed by atoms with Crippen molar-refractivity contribution < 1.29 is 9.72 Å². The first-order valence-corrected chi connectivity index (χ1v) is 8.31. The third-order valence-corrected chi connectivity index (χ3v) is 5.02. The Bertz CT molecular complexity index is 751. The van der Waals surface area contributed by atoms with E-state index < -0.39 is 4.92 Å². The van der Waals surface area contributed by atoms with Crippen molar-refractivity contribution >= 4 is 63.8 Å². The molecule has 120 valence electrons. The van der Waals surface area contributed by atoms with Gasteiger partial charge in [0.2, 0.25) is 5.91 Å². The lowest BCUT2D eigenvalue weighted by Gasteiger charge is -2.08. The summed E-state index contributed by atoms with van der Waals surface area (Å²) in [5, 5.41) is 14.4. The predicted octanol–water partition coefficient (Wildman–Crippen LogP) is 5.29. The Morgan fingerprint density at radius 1 is 1.13 bits per heavy atom. The summed E-state index contributed by atoms with van der Waals surface area (Å²) in [5.41, 5.74) is 0.0169. The molecule has 0 spiro atoms. The van der Waals surface area contributed by atoms with E-state index >= 15 is 0 Å². The number of hydrogen-bond acceptors (Lipinski definition) is 4. The Morgan fingerprint density at radius 3 is 2.39 bits per heavy atom. The highest BCUT2D eigenvalue weighted by atomic mass is 35.5. The monoisotopic (exact) mass is 390 g/mol. The van der Waals surface area contributed by atoms with Gasteiger partial charge in [0.05, 0.1) is 31.4 Å². The molecule has 0 atom stereocenters. The van der Waals surface area contributed by atoms with E-state index in [0.717, 1.165) is 11.8 Å². The zero-order valence-corrected chi connectivity index (χ0v) is 14.5. The van der Waals surface area contributed by atoms with Gasteiger partial charge in [0.1, 0.15) is 0 Å². The fraction of sp³-hybridized carbons (Fsp3) is 0.0714. The van der Waals surface area contributed by atoms with Gasteiger partial charge >= 0.3 is 0 Å². The van der Waals surface area contributed by atoms with Crippen LogP contribution in [0.4, 0.5) is 11.4 Å². The van der Waals surface area contributed by atoms with Crippen LogP contribution in [0.2, 0.25) is 15.1 Å². The van der Waals surface area contributed by atoms with Crippen LogP contribution in [0.15, 0.2) is 41.3 Å². The minimum atomic E-state index is -0.565. The molecular weight excluding hydrogens is 383 g/mol. The maximum Gasteiger partial charge on any atom is 0.271 e. The smallest absolute Gasteiger partial charge is 0.271 e. The van der Waals surface area contributed by atoms with E-state index in [4.69, 9.17) is 34.8 Å². The van der Waals surface area contributed by atoms with E-state index in [1.807, 2.05) is 0 Å². The van der Waals surface area contributed by atoms with E-state index in [-0.39, 0.29) is 28.1 Å². The number of hydrogen-bond donors (Lipinski definition) is 1. The predicted molar refractivity (Wildman–Crippen MR) is 93.9 cm³/mol. The molecule has 0 aliphatic heterocycles. The van der Waals surface area contributed by atoms with Crippen LogP contribution in [0.5, 0.6) is 0 Å². The van der Waals surface area contributed by atoms with E-state index in [2.05, 4.69) is 5.32 Å². The molecule has 1 amide bonds. The molecule has 2 aromatic carbocycles. The minimum absolute atomic E-state index is 0.0302. The van der Waals surface area contributed by atoms with E-state index in [1.165, 1.54) is 18.2 Å². The summed E-state index contributed by atoms with van der Waals surface area (Å²) >= 11 is 19.1. The summed E-state index contributed by atoms with van der Waals surface area (Å²) < 4.78 is 0. The second-order valence-corrected chi connectivity index (χ2v) is 6.52. The molecule has 2 rings (SSSR count). The van der Waals surface area contributed by atoms with Crippen molar-refractivity contribution in [2.45, 2.75) is 4.90 Å². The lowest BCUT2D eigenvalue weighted by Crippen LogP contribution is -2.14. The van der Waals surface area contributed by atoms with Crippen molar-refractivity contribution in [1.82, 2.24) is 0 Å². The molecule has 2 aromatic rings. The fourth-order valence-corrected chi connectivity index (χ4v) is 3.32. The second-order valence-electron chi connectivity index (χ2n) is 4.31. The van der Waals surface area contributed by atoms with Crippen LogP contribution in [0.1, 0.15) is 0 Å². The van der Waals surface area contributed by atoms with Crippen LogP contribution in [0, 0.1) is 10.1 Å². The van der Waals surface area contributed by atoms with Gasteiger partial charge < -0.3 is 5.32 Å². The maximum atomic E-state index is 12.0. The Kier molecular flexibility index (Phi) is 6.12. The number of nitro groups is 1. The summed E-state index contributed by atoms with van der Waals surface area (Å²) in [5.74, 6) is -0.351. The number of nitrogens with one attached hydrogen (secondary N) is 1. The number of carbonyl (C=O) groups excluding carboxylic acids is 1. The topological polar surface area (TPSA) is 72.2 Å². The number of nitrogens with zero attached hydrogens (tertiary/aromatic N) is 1. The number of thioether (sulfide) groups is 1. The molecule has 0 heterocycles. The van der Waals surface area contributed by atoms with Crippen molar-refractivity contribution in [3.8, 4) is 0 Å². The van der Waals surface area contributed by atoms with Crippen molar-refractivity contribution in [1.29, 1.82) is 0 Å². The SMILES string of the molecule is O=C(CSc1c(Cl)cccc1Cl)Nc1cc([N+](=O)[O-])ccc1Cl. The first kappa shape index (κ1) is 17.9. The zero-order chi connectivity index (χ0) is 17.0.